The summed E-state index contributed by atoms with van der Waals surface area (Å²) in [4.78, 5) is 40.1. The van der Waals surface area contributed by atoms with E-state index in [9.17, 15) is 14.4 Å². The summed E-state index contributed by atoms with van der Waals surface area (Å²) in [5, 5.41) is 5.45. The second kappa shape index (κ2) is 8.97. The number of carbonyl (C=O) groups is 3. The number of pyridine rings is 1. The number of nitrogens with one attached hydrogen (secondary N) is 2. The third-order valence-electron chi connectivity index (χ3n) is 4.66. The summed E-state index contributed by atoms with van der Waals surface area (Å²) in [7, 11) is 0. The zero-order valence-electron chi connectivity index (χ0n) is 16.5. The molecule has 0 spiro atoms. The SMILES string of the molecule is CC1CCC([C@H](NC(=O)OC(C)(C)C)C(=O)Nc2cc(C=O)ccn2)CC1. The molecule has 1 aliphatic rings. The third-order valence-corrected chi connectivity index (χ3v) is 4.66. The predicted octanol–water partition coefficient (Wildman–Crippen LogP) is 3.55. The van der Waals surface area contributed by atoms with Crippen LogP contribution >= 0.6 is 0 Å². The van der Waals surface area contributed by atoms with Crippen molar-refractivity contribution in [3.63, 3.8) is 0 Å². The molecule has 1 aromatic heterocycles. The first-order chi connectivity index (χ1) is 12.7. The third kappa shape index (κ3) is 6.66. The number of hydrogen-bond donors (Lipinski definition) is 2. The van der Waals surface area contributed by atoms with Gasteiger partial charge in [-0.2, -0.15) is 0 Å². The molecule has 148 valence electrons. The Morgan fingerprint density at radius 1 is 1.26 bits per heavy atom. The van der Waals surface area contributed by atoms with Crippen LogP contribution in [0.3, 0.4) is 0 Å². The van der Waals surface area contributed by atoms with Gasteiger partial charge in [0.1, 0.15) is 23.7 Å². The molecule has 1 saturated carbocycles. The van der Waals surface area contributed by atoms with Crippen molar-refractivity contribution >= 4 is 24.1 Å². The number of amides is 2. The van der Waals surface area contributed by atoms with Gasteiger partial charge in [-0.05, 0) is 57.6 Å². The minimum atomic E-state index is -0.714. The maximum absolute atomic E-state index is 12.9. The topological polar surface area (TPSA) is 97.4 Å². The summed E-state index contributed by atoms with van der Waals surface area (Å²) in [6.45, 7) is 7.53. The second-order valence-electron chi connectivity index (χ2n) is 8.23. The molecule has 1 aromatic rings. The van der Waals surface area contributed by atoms with E-state index in [0.29, 0.717) is 17.8 Å². The molecule has 7 heteroatoms. The first-order valence-electron chi connectivity index (χ1n) is 9.39. The lowest BCUT2D eigenvalue weighted by molar-refractivity contribution is -0.119. The highest BCUT2D eigenvalue weighted by Crippen LogP contribution is 2.31. The van der Waals surface area contributed by atoms with Crippen LogP contribution in [0, 0.1) is 11.8 Å². The Morgan fingerprint density at radius 2 is 1.93 bits per heavy atom. The maximum atomic E-state index is 12.9. The monoisotopic (exact) mass is 375 g/mol. The number of nitrogens with zero attached hydrogens (tertiary/aromatic N) is 1. The van der Waals surface area contributed by atoms with E-state index in [1.165, 1.54) is 12.3 Å². The molecule has 7 nitrogen and oxygen atoms in total. The molecule has 1 heterocycles. The van der Waals surface area contributed by atoms with E-state index in [0.717, 1.165) is 25.7 Å². The minimum absolute atomic E-state index is 0.0305. The first kappa shape index (κ1) is 20.9. The Labute approximate surface area is 160 Å². The summed E-state index contributed by atoms with van der Waals surface area (Å²) in [6.07, 6.45) is 5.28. The average molecular weight is 375 g/mol. The van der Waals surface area contributed by atoms with Crippen molar-refractivity contribution in [2.45, 2.75) is 65.0 Å². The molecular weight excluding hydrogens is 346 g/mol. The molecule has 0 unspecified atom stereocenters. The van der Waals surface area contributed by atoms with Crippen molar-refractivity contribution in [3.05, 3.63) is 23.9 Å². The van der Waals surface area contributed by atoms with E-state index in [2.05, 4.69) is 22.5 Å². The largest absolute Gasteiger partial charge is 0.444 e. The van der Waals surface area contributed by atoms with E-state index >= 15 is 0 Å². The lowest BCUT2D eigenvalue weighted by Crippen LogP contribution is -2.50. The number of hydrogen-bond acceptors (Lipinski definition) is 5. The normalized spacial score (nSPS) is 21.0. The molecule has 1 atom stereocenters. The number of aldehydes is 1. The van der Waals surface area contributed by atoms with Crippen LogP contribution < -0.4 is 10.6 Å². The smallest absolute Gasteiger partial charge is 0.408 e. The standard InChI is InChI=1S/C20H29N3O4/c1-13-5-7-15(8-6-13)17(23-19(26)27-20(2,3)4)18(25)22-16-11-14(12-24)9-10-21-16/h9-13,15,17H,5-8H2,1-4H3,(H,23,26)(H,21,22,25)/t13?,15?,17-/m0/s1. The zero-order chi connectivity index (χ0) is 20.0. The highest BCUT2D eigenvalue weighted by Gasteiger charge is 2.33. The summed E-state index contributed by atoms with van der Waals surface area (Å²) in [6, 6.07) is 2.34. The molecule has 0 saturated heterocycles. The van der Waals surface area contributed by atoms with E-state index in [4.69, 9.17) is 4.74 Å². The Hall–Kier alpha value is -2.44. The van der Waals surface area contributed by atoms with E-state index in [-0.39, 0.29) is 17.6 Å². The van der Waals surface area contributed by atoms with Gasteiger partial charge in [0.05, 0.1) is 0 Å². The van der Waals surface area contributed by atoms with Gasteiger partial charge in [0.15, 0.2) is 0 Å². The van der Waals surface area contributed by atoms with Crippen LogP contribution in [0.1, 0.15) is 63.7 Å². The van der Waals surface area contributed by atoms with Gasteiger partial charge in [-0.15, -0.1) is 0 Å². The van der Waals surface area contributed by atoms with Gasteiger partial charge in [0.25, 0.3) is 0 Å². The minimum Gasteiger partial charge on any atom is -0.444 e. The lowest BCUT2D eigenvalue weighted by Gasteiger charge is -2.32. The van der Waals surface area contributed by atoms with Crippen LogP contribution in [0.15, 0.2) is 18.3 Å². The van der Waals surface area contributed by atoms with E-state index in [1.807, 2.05) is 0 Å². The lowest BCUT2D eigenvalue weighted by atomic mass is 9.79. The molecule has 2 amide bonds. The molecule has 1 fully saturated rings. The number of alkyl carbamates (subject to hydrolysis) is 1. The summed E-state index contributed by atoms with van der Waals surface area (Å²) in [5.41, 5.74) is -0.227. The molecular formula is C20H29N3O4. The Balaban J connectivity index is 2.13. The highest BCUT2D eigenvalue weighted by molar-refractivity contribution is 5.96. The molecule has 0 radical (unpaired) electrons. The van der Waals surface area contributed by atoms with Crippen molar-refractivity contribution in [2.75, 3.05) is 5.32 Å². The highest BCUT2D eigenvalue weighted by atomic mass is 16.6. The molecule has 0 bridgehead atoms. The van der Waals surface area contributed by atoms with Crippen molar-refractivity contribution in [2.24, 2.45) is 11.8 Å². The van der Waals surface area contributed by atoms with Crippen LogP contribution in [-0.4, -0.2) is 34.9 Å². The van der Waals surface area contributed by atoms with Crippen LogP contribution in [0.5, 0.6) is 0 Å². The first-order valence-corrected chi connectivity index (χ1v) is 9.39. The fourth-order valence-electron chi connectivity index (χ4n) is 3.24. The van der Waals surface area contributed by atoms with Crippen LogP contribution in [0.25, 0.3) is 0 Å². The Bertz CT molecular complexity index is 676. The van der Waals surface area contributed by atoms with Gasteiger partial charge in [0, 0.05) is 11.8 Å². The van der Waals surface area contributed by atoms with Gasteiger partial charge < -0.3 is 15.4 Å². The molecule has 1 aliphatic carbocycles. The second-order valence-corrected chi connectivity index (χ2v) is 8.23. The average Bonchev–Trinajstić information content (AvgIpc) is 2.59. The quantitative estimate of drug-likeness (QED) is 0.767. The summed E-state index contributed by atoms with van der Waals surface area (Å²) in [5.74, 6) is 0.584. The fourth-order valence-corrected chi connectivity index (χ4v) is 3.24. The van der Waals surface area contributed by atoms with Gasteiger partial charge in [-0.3, -0.25) is 9.59 Å². The molecule has 2 N–H and O–H groups in total. The maximum Gasteiger partial charge on any atom is 0.408 e. The fraction of sp³-hybridized carbons (Fsp3) is 0.600. The zero-order valence-corrected chi connectivity index (χ0v) is 16.5. The Kier molecular flexibility index (Phi) is 6.93. The number of rotatable bonds is 5. The molecule has 0 aliphatic heterocycles. The predicted molar refractivity (Wildman–Crippen MR) is 103 cm³/mol. The van der Waals surface area contributed by atoms with Gasteiger partial charge in [0.2, 0.25) is 5.91 Å². The van der Waals surface area contributed by atoms with Crippen molar-refractivity contribution < 1.29 is 19.1 Å². The van der Waals surface area contributed by atoms with Crippen molar-refractivity contribution in [3.8, 4) is 0 Å². The molecule has 2 rings (SSSR count). The van der Waals surface area contributed by atoms with Crippen LogP contribution in [-0.2, 0) is 9.53 Å². The van der Waals surface area contributed by atoms with Crippen molar-refractivity contribution in [1.82, 2.24) is 10.3 Å². The van der Waals surface area contributed by atoms with Crippen molar-refractivity contribution in [1.29, 1.82) is 0 Å². The van der Waals surface area contributed by atoms with E-state index in [1.54, 1.807) is 26.8 Å². The Morgan fingerprint density at radius 3 is 2.52 bits per heavy atom. The molecule has 27 heavy (non-hydrogen) atoms. The number of ether oxygens (including phenoxy) is 1. The number of anilines is 1. The van der Waals surface area contributed by atoms with Crippen LogP contribution in [0.2, 0.25) is 0 Å². The summed E-state index contributed by atoms with van der Waals surface area (Å²) >= 11 is 0. The van der Waals surface area contributed by atoms with Gasteiger partial charge in [-0.25, -0.2) is 9.78 Å². The van der Waals surface area contributed by atoms with Crippen LogP contribution in [0.4, 0.5) is 10.6 Å². The van der Waals surface area contributed by atoms with E-state index < -0.39 is 17.7 Å². The summed E-state index contributed by atoms with van der Waals surface area (Å²) < 4.78 is 5.33. The van der Waals surface area contributed by atoms with Gasteiger partial charge >= 0.3 is 6.09 Å². The number of aromatic nitrogens is 1. The van der Waals surface area contributed by atoms with Gasteiger partial charge in [-0.1, -0.05) is 19.8 Å². The molecule has 0 aromatic carbocycles. The number of carbonyl (C=O) groups excluding carboxylic acids is 3.